The molecule has 0 spiro atoms. The normalized spacial score (nSPS) is 11.2. The molecule has 0 unspecified atom stereocenters. The molecule has 0 aliphatic carbocycles. The molecule has 2 heterocycles. The number of hydrogen-bond acceptors (Lipinski definition) is 5. The summed E-state index contributed by atoms with van der Waals surface area (Å²) < 4.78 is 7.42. The number of rotatable bonds is 10. The molecule has 10 heteroatoms. The van der Waals surface area contributed by atoms with Crippen LogP contribution in [0.3, 0.4) is 0 Å². The van der Waals surface area contributed by atoms with Crippen LogP contribution in [0, 0.1) is 0 Å². The number of aromatic nitrogens is 3. The summed E-state index contributed by atoms with van der Waals surface area (Å²) in [5.74, 6) is 3.47. The molecule has 0 atom stereocenters. The van der Waals surface area contributed by atoms with Crippen LogP contribution in [-0.4, -0.2) is 39.6 Å². The number of thioether (sulfide) groups is 1. The lowest BCUT2D eigenvalue weighted by Gasteiger charge is -2.13. The van der Waals surface area contributed by atoms with Gasteiger partial charge in [0.15, 0.2) is 5.96 Å². The van der Waals surface area contributed by atoms with Gasteiger partial charge in [0.25, 0.3) is 0 Å². The number of guanidine groups is 1. The van der Waals surface area contributed by atoms with E-state index >= 15 is 0 Å². The Labute approximate surface area is 203 Å². The molecule has 0 radical (unpaired) electrons. The first-order valence-corrected chi connectivity index (χ1v) is 10.9. The van der Waals surface area contributed by atoms with Crippen LogP contribution in [0.15, 0.2) is 63.3 Å². The first-order valence-electron chi connectivity index (χ1n) is 9.54. The molecule has 0 amide bonds. The van der Waals surface area contributed by atoms with E-state index in [2.05, 4.69) is 32.7 Å². The zero-order chi connectivity index (χ0) is 20.3. The van der Waals surface area contributed by atoms with Crippen LogP contribution in [0.5, 0.6) is 0 Å². The third-order valence-electron chi connectivity index (χ3n) is 4.11. The summed E-state index contributed by atoms with van der Waals surface area (Å²) >= 11 is 7.70. The summed E-state index contributed by atoms with van der Waals surface area (Å²) in [6.45, 7) is 4.84. The number of nitrogens with one attached hydrogen (secondary N) is 2. The lowest BCUT2D eigenvalue weighted by atomic mass is 10.4. The Bertz CT molecular complexity index is 885. The van der Waals surface area contributed by atoms with E-state index < -0.39 is 0 Å². The van der Waals surface area contributed by atoms with Gasteiger partial charge in [-0.3, -0.25) is 0 Å². The summed E-state index contributed by atoms with van der Waals surface area (Å²) in [5.41, 5.74) is 0. The maximum atomic E-state index is 5.93. The van der Waals surface area contributed by atoms with Crippen molar-refractivity contribution < 1.29 is 4.42 Å². The number of nitrogens with zero attached hydrogens (tertiary/aromatic N) is 4. The van der Waals surface area contributed by atoms with Crippen molar-refractivity contribution in [2.75, 3.05) is 18.8 Å². The van der Waals surface area contributed by atoms with Crippen LogP contribution in [0.2, 0.25) is 5.02 Å². The van der Waals surface area contributed by atoms with E-state index in [4.69, 9.17) is 16.0 Å². The summed E-state index contributed by atoms with van der Waals surface area (Å²) in [5, 5.41) is 15.6. The molecule has 30 heavy (non-hydrogen) atoms. The number of aryl methyl sites for hydroxylation is 1. The molecule has 162 valence electrons. The fourth-order valence-corrected chi connectivity index (χ4v) is 3.53. The van der Waals surface area contributed by atoms with Crippen LogP contribution in [-0.2, 0) is 19.5 Å². The molecule has 3 aromatic rings. The Hall–Kier alpha value is -1.72. The van der Waals surface area contributed by atoms with E-state index in [1.165, 1.54) is 4.90 Å². The second-order valence-electron chi connectivity index (χ2n) is 6.19. The van der Waals surface area contributed by atoms with Crippen molar-refractivity contribution in [1.29, 1.82) is 0 Å². The fraction of sp³-hybridized carbons (Fsp3) is 0.350. The Morgan fingerprint density at radius 1 is 1.20 bits per heavy atom. The van der Waals surface area contributed by atoms with Gasteiger partial charge in [-0.15, -0.1) is 45.9 Å². The summed E-state index contributed by atoms with van der Waals surface area (Å²) in [6.07, 6.45) is 4.28. The van der Waals surface area contributed by atoms with E-state index in [1.54, 1.807) is 24.4 Å². The summed E-state index contributed by atoms with van der Waals surface area (Å²) in [4.78, 5) is 5.81. The lowest BCUT2D eigenvalue weighted by Crippen LogP contribution is -2.40. The minimum absolute atomic E-state index is 0. The average molecular weight is 561 g/mol. The summed E-state index contributed by atoms with van der Waals surface area (Å²) in [7, 11) is 0. The predicted molar refractivity (Wildman–Crippen MR) is 133 cm³/mol. The van der Waals surface area contributed by atoms with Gasteiger partial charge in [-0.1, -0.05) is 18.5 Å². The third kappa shape index (κ3) is 8.19. The van der Waals surface area contributed by atoms with Gasteiger partial charge in [0, 0.05) is 41.7 Å². The molecule has 7 nitrogen and oxygen atoms in total. The Kier molecular flexibility index (Phi) is 11.1. The molecule has 3 rings (SSSR count). The maximum Gasteiger partial charge on any atom is 0.191 e. The standard InChI is InChI=1S/C20H25ClN6OS.HI/c1-2-19-26-25-15-27(19)11-9-22-20(24-14-17-4-3-12-28-17)23-10-13-29-18-7-5-16(21)6-8-18;/h3-8,12,15H,2,9-11,13-14H2,1H3,(H2,22,23,24);1H. The molecule has 0 bridgehead atoms. The molecule has 2 aromatic heterocycles. The predicted octanol–water partition coefficient (Wildman–Crippen LogP) is 4.23. The molecule has 1 aromatic carbocycles. The van der Waals surface area contributed by atoms with Crippen molar-refractivity contribution in [2.45, 2.75) is 31.3 Å². The highest BCUT2D eigenvalue weighted by atomic mass is 127. The van der Waals surface area contributed by atoms with E-state index in [0.29, 0.717) is 6.54 Å². The van der Waals surface area contributed by atoms with E-state index in [0.717, 1.165) is 54.4 Å². The van der Waals surface area contributed by atoms with Gasteiger partial charge < -0.3 is 19.6 Å². The maximum absolute atomic E-state index is 5.93. The number of hydrogen-bond donors (Lipinski definition) is 2. The van der Waals surface area contributed by atoms with Crippen molar-refractivity contribution in [3.05, 3.63) is 65.6 Å². The molecular weight excluding hydrogens is 535 g/mol. The van der Waals surface area contributed by atoms with Crippen molar-refractivity contribution in [3.63, 3.8) is 0 Å². The van der Waals surface area contributed by atoms with Gasteiger partial charge in [0.05, 0.1) is 6.26 Å². The van der Waals surface area contributed by atoms with Crippen LogP contribution in [0.25, 0.3) is 0 Å². The Morgan fingerprint density at radius 3 is 2.73 bits per heavy atom. The highest BCUT2D eigenvalue weighted by molar-refractivity contribution is 14.0. The quantitative estimate of drug-likeness (QED) is 0.127. The second-order valence-corrected chi connectivity index (χ2v) is 7.80. The van der Waals surface area contributed by atoms with Gasteiger partial charge in [0.1, 0.15) is 24.5 Å². The highest BCUT2D eigenvalue weighted by Gasteiger charge is 2.04. The molecule has 0 fully saturated rings. The van der Waals surface area contributed by atoms with Gasteiger partial charge in [0.2, 0.25) is 0 Å². The highest BCUT2D eigenvalue weighted by Crippen LogP contribution is 2.19. The van der Waals surface area contributed by atoms with Crippen molar-refractivity contribution in [3.8, 4) is 0 Å². The summed E-state index contributed by atoms with van der Waals surface area (Å²) in [6, 6.07) is 11.7. The van der Waals surface area contributed by atoms with Crippen LogP contribution in [0.1, 0.15) is 18.5 Å². The topological polar surface area (TPSA) is 80.3 Å². The fourth-order valence-electron chi connectivity index (χ4n) is 2.64. The number of aliphatic imine (C=N–C) groups is 1. The van der Waals surface area contributed by atoms with Crippen molar-refractivity contribution >= 4 is 53.3 Å². The molecule has 0 saturated carbocycles. The first-order chi connectivity index (χ1) is 14.2. The van der Waals surface area contributed by atoms with Crippen molar-refractivity contribution in [1.82, 2.24) is 25.4 Å². The Morgan fingerprint density at radius 2 is 2.00 bits per heavy atom. The van der Waals surface area contributed by atoms with Gasteiger partial charge in [-0.2, -0.15) is 0 Å². The molecule has 0 aliphatic rings. The van der Waals surface area contributed by atoms with E-state index in [1.807, 2.05) is 41.0 Å². The van der Waals surface area contributed by atoms with Gasteiger partial charge in [-0.05, 0) is 36.4 Å². The van der Waals surface area contributed by atoms with Gasteiger partial charge >= 0.3 is 0 Å². The van der Waals surface area contributed by atoms with Crippen LogP contribution in [0.4, 0.5) is 0 Å². The minimum Gasteiger partial charge on any atom is -0.467 e. The average Bonchev–Trinajstić information content (AvgIpc) is 3.41. The van der Waals surface area contributed by atoms with E-state index in [-0.39, 0.29) is 24.0 Å². The zero-order valence-corrected chi connectivity index (χ0v) is 20.7. The molecule has 0 aliphatic heterocycles. The number of benzene rings is 1. The van der Waals surface area contributed by atoms with Crippen LogP contribution >= 0.6 is 47.3 Å². The lowest BCUT2D eigenvalue weighted by molar-refractivity contribution is 0.511. The van der Waals surface area contributed by atoms with Gasteiger partial charge in [-0.25, -0.2) is 4.99 Å². The Balaban J connectivity index is 0.00000320. The zero-order valence-electron chi connectivity index (χ0n) is 16.8. The smallest absolute Gasteiger partial charge is 0.191 e. The van der Waals surface area contributed by atoms with Crippen LogP contribution < -0.4 is 10.6 Å². The molecule has 0 saturated heterocycles. The van der Waals surface area contributed by atoms with Crippen molar-refractivity contribution in [2.24, 2.45) is 4.99 Å². The second kappa shape index (κ2) is 13.6. The SMILES string of the molecule is CCc1nncn1CCNC(=NCc1ccco1)NCCSc1ccc(Cl)cc1.I. The minimum atomic E-state index is 0. The number of furan rings is 1. The molecule has 2 N–H and O–H groups in total. The largest absolute Gasteiger partial charge is 0.467 e. The number of halogens is 2. The first kappa shape index (κ1) is 24.5. The monoisotopic (exact) mass is 560 g/mol. The van der Waals surface area contributed by atoms with E-state index in [9.17, 15) is 0 Å². The molecular formula is C20H26ClIN6OS. The third-order valence-corrected chi connectivity index (χ3v) is 5.37.